The lowest BCUT2D eigenvalue weighted by Gasteiger charge is -2.21. The second kappa shape index (κ2) is 7.25. The van der Waals surface area contributed by atoms with Gasteiger partial charge in [0.05, 0.1) is 0 Å². The van der Waals surface area contributed by atoms with E-state index in [0.29, 0.717) is 18.5 Å². The maximum Gasteiger partial charge on any atom is 0.255 e. The first-order valence-corrected chi connectivity index (χ1v) is 6.09. The monoisotopic (exact) mass is 278 g/mol. The van der Waals surface area contributed by atoms with E-state index in [0.717, 1.165) is 10.5 Å². The Morgan fingerprint density at radius 1 is 1.00 bits per heavy atom. The zero-order valence-corrected chi connectivity index (χ0v) is 11.0. The molecular weight excluding hydrogens is 260 g/mol. The van der Waals surface area contributed by atoms with Crippen LogP contribution in [-0.4, -0.2) is 42.3 Å². The molecule has 7 heteroatoms. The van der Waals surface area contributed by atoms with E-state index in [2.05, 4.69) is 0 Å². The van der Waals surface area contributed by atoms with Gasteiger partial charge >= 0.3 is 0 Å². The molecule has 0 atom stereocenters. The first-order chi connectivity index (χ1) is 9.45. The molecule has 0 aromatic heterocycles. The van der Waals surface area contributed by atoms with Crippen LogP contribution in [-0.2, 0) is 16.0 Å². The average Bonchev–Trinajstić information content (AvgIpc) is 2.37. The summed E-state index contributed by atoms with van der Waals surface area (Å²) in [6, 6.07) is 6.86. The Morgan fingerprint density at radius 2 is 1.55 bits per heavy atom. The first-order valence-electron chi connectivity index (χ1n) is 6.09. The molecule has 0 unspecified atom stereocenters. The fourth-order valence-corrected chi connectivity index (χ4v) is 1.85. The van der Waals surface area contributed by atoms with Gasteiger partial charge in [0, 0.05) is 5.56 Å². The third-order valence-electron chi connectivity index (χ3n) is 2.64. The molecule has 3 amide bonds. The van der Waals surface area contributed by atoms with Gasteiger partial charge in [0.15, 0.2) is 0 Å². The van der Waals surface area contributed by atoms with Gasteiger partial charge in [-0.25, -0.2) is 0 Å². The largest absolute Gasteiger partial charge is 0.368 e. The van der Waals surface area contributed by atoms with Crippen LogP contribution in [0.1, 0.15) is 15.9 Å². The van der Waals surface area contributed by atoms with E-state index in [1.165, 1.54) is 0 Å². The highest BCUT2D eigenvalue weighted by Crippen LogP contribution is 2.12. The van der Waals surface area contributed by atoms with Crippen LogP contribution in [0.5, 0.6) is 0 Å². The van der Waals surface area contributed by atoms with Crippen LogP contribution in [0.2, 0.25) is 0 Å². The number of benzene rings is 1. The average molecular weight is 278 g/mol. The SMILES string of the molecule is NCCc1ccccc1C(=O)N(CC(N)=O)CC(N)=O. The number of carbonyl (C=O) groups is 3. The first kappa shape index (κ1) is 15.6. The van der Waals surface area contributed by atoms with Crippen molar-refractivity contribution in [1.82, 2.24) is 4.90 Å². The second-order valence-electron chi connectivity index (χ2n) is 4.29. The van der Waals surface area contributed by atoms with Crippen LogP contribution in [0.15, 0.2) is 24.3 Å². The van der Waals surface area contributed by atoms with E-state index in [1.807, 2.05) is 0 Å². The number of nitrogens with two attached hydrogens (primary N) is 3. The van der Waals surface area contributed by atoms with Gasteiger partial charge in [-0.3, -0.25) is 14.4 Å². The second-order valence-corrected chi connectivity index (χ2v) is 4.29. The quantitative estimate of drug-likeness (QED) is 0.565. The van der Waals surface area contributed by atoms with E-state index < -0.39 is 17.7 Å². The van der Waals surface area contributed by atoms with Crippen LogP contribution in [0.4, 0.5) is 0 Å². The van der Waals surface area contributed by atoms with E-state index in [1.54, 1.807) is 24.3 Å². The van der Waals surface area contributed by atoms with Gasteiger partial charge in [0.1, 0.15) is 13.1 Å². The predicted octanol–water partition coefficient (Wildman–Crippen LogP) is -1.40. The molecule has 0 saturated carbocycles. The van der Waals surface area contributed by atoms with Crippen LogP contribution >= 0.6 is 0 Å². The summed E-state index contributed by atoms with van der Waals surface area (Å²) in [6.45, 7) is -0.340. The van der Waals surface area contributed by atoms with E-state index in [-0.39, 0.29) is 13.1 Å². The highest BCUT2D eigenvalue weighted by Gasteiger charge is 2.21. The van der Waals surface area contributed by atoms with Crippen molar-refractivity contribution in [3.05, 3.63) is 35.4 Å². The smallest absolute Gasteiger partial charge is 0.255 e. The molecule has 0 bridgehead atoms. The minimum atomic E-state index is -0.712. The van der Waals surface area contributed by atoms with E-state index in [9.17, 15) is 14.4 Å². The molecule has 1 aromatic carbocycles. The highest BCUT2D eigenvalue weighted by atomic mass is 16.2. The molecular formula is C13H18N4O3. The molecule has 0 aliphatic heterocycles. The summed E-state index contributed by atoms with van der Waals surface area (Å²) >= 11 is 0. The molecule has 6 N–H and O–H groups in total. The number of carbonyl (C=O) groups excluding carboxylic acids is 3. The third kappa shape index (κ3) is 4.36. The number of primary amides is 2. The summed E-state index contributed by atoms with van der Waals surface area (Å²) in [6.07, 6.45) is 0.517. The van der Waals surface area contributed by atoms with Gasteiger partial charge < -0.3 is 22.1 Å². The number of rotatable bonds is 7. The van der Waals surface area contributed by atoms with Crippen molar-refractivity contribution in [2.24, 2.45) is 17.2 Å². The maximum absolute atomic E-state index is 12.4. The molecule has 1 rings (SSSR count). The standard InChI is InChI=1S/C13H18N4O3/c14-6-5-9-3-1-2-4-10(9)13(20)17(7-11(15)18)8-12(16)19/h1-4H,5-8,14H2,(H2,15,18)(H2,16,19). The lowest BCUT2D eigenvalue weighted by molar-refractivity contribution is -0.121. The van der Waals surface area contributed by atoms with Gasteiger partial charge in [0.2, 0.25) is 11.8 Å². The minimum Gasteiger partial charge on any atom is -0.368 e. The summed E-state index contributed by atoms with van der Waals surface area (Å²) < 4.78 is 0. The Balaban J connectivity index is 3.04. The molecule has 0 fully saturated rings. The van der Waals surface area contributed by atoms with E-state index in [4.69, 9.17) is 17.2 Å². The Labute approximate surface area is 116 Å². The van der Waals surface area contributed by atoms with Gasteiger partial charge in [-0.1, -0.05) is 18.2 Å². The fraction of sp³-hybridized carbons (Fsp3) is 0.308. The van der Waals surface area contributed by atoms with Crippen LogP contribution in [0.25, 0.3) is 0 Å². The maximum atomic E-state index is 12.4. The number of hydrogen-bond donors (Lipinski definition) is 3. The van der Waals surface area contributed by atoms with Gasteiger partial charge in [0.25, 0.3) is 5.91 Å². The van der Waals surface area contributed by atoms with Crippen molar-refractivity contribution < 1.29 is 14.4 Å². The Hall–Kier alpha value is -2.41. The summed E-state index contributed by atoms with van der Waals surface area (Å²) in [7, 11) is 0. The highest BCUT2D eigenvalue weighted by molar-refractivity contribution is 5.99. The lowest BCUT2D eigenvalue weighted by Crippen LogP contribution is -2.43. The zero-order valence-electron chi connectivity index (χ0n) is 11.0. The summed E-state index contributed by atoms with van der Waals surface area (Å²) in [5.41, 5.74) is 16.8. The number of amides is 3. The molecule has 20 heavy (non-hydrogen) atoms. The molecule has 108 valence electrons. The zero-order chi connectivity index (χ0) is 15.1. The number of nitrogens with zero attached hydrogens (tertiary/aromatic N) is 1. The van der Waals surface area contributed by atoms with Gasteiger partial charge in [-0.05, 0) is 24.6 Å². The van der Waals surface area contributed by atoms with Crippen molar-refractivity contribution in [2.75, 3.05) is 19.6 Å². The molecule has 0 radical (unpaired) electrons. The molecule has 0 aliphatic carbocycles. The van der Waals surface area contributed by atoms with Crippen molar-refractivity contribution in [1.29, 1.82) is 0 Å². The Kier molecular flexibility index (Phi) is 5.67. The molecule has 0 saturated heterocycles. The molecule has 1 aromatic rings. The summed E-state index contributed by atoms with van der Waals surface area (Å²) in [4.78, 5) is 35.4. The summed E-state index contributed by atoms with van der Waals surface area (Å²) in [5, 5.41) is 0. The number of hydrogen-bond acceptors (Lipinski definition) is 4. The fourth-order valence-electron chi connectivity index (χ4n) is 1.85. The van der Waals surface area contributed by atoms with Crippen LogP contribution in [0.3, 0.4) is 0 Å². The summed E-state index contributed by atoms with van der Waals surface area (Å²) in [5.74, 6) is -1.89. The third-order valence-corrected chi connectivity index (χ3v) is 2.64. The van der Waals surface area contributed by atoms with Crippen LogP contribution < -0.4 is 17.2 Å². The molecule has 0 aliphatic rings. The lowest BCUT2D eigenvalue weighted by atomic mass is 10.0. The predicted molar refractivity (Wildman–Crippen MR) is 73.5 cm³/mol. The van der Waals surface area contributed by atoms with Crippen molar-refractivity contribution in [2.45, 2.75) is 6.42 Å². The van der Waals surface area contributed by atoms with Crippen molar-refractivity contribution in [3.63, 3.8) is 0 Å². The topological polar surface area (TPSA) is 133 Å². The van der Waals surface area contributed by atoms with Crippen LogP contribution in [0, 0.1) is 0 Å². The Bertz CT molecular complexity index is 500. The normalized spacial score (nSPS) is 10.1. The van der Waals surface area contributed by atoms with Gasteiger partial charge in [-0.15, -0.1) is 0 Å². The Morgan fingerprint density at radius 3 is 2.05 bits per heavy atom. The molecule has 7 nitrogen and oxygen atoms in total. The van der Waals surface area contributed by atoms with Crippen molar-refractivity contribution >= 4 is 17.7 Å². The molecule has 0 spiro atoms. The van der Waals surface area contributed by atoms with Crippen molar-refractivity contribution in [3.8, 4) is 0 Å². The van der Waals surface area contributed by atoms with Gasteiger partial charge in [-0.2, -0.15) is 0 Å². The van der Waals surface area contributed by atoms with E-state index >= 15 is 0 Å². The molecule has 0 heterocycles. The minimum absolute atomic E-state index is 0.362.